The molecule has 0 bridgehead atoms. The summed E-state index contributed by atoms with van der Waals surface area (Å²) in [5.41, 5.74) is 15.1. The van der Waals surface area contributed by atoms with E-state index >= 15 is 0 Å². The molecule has 0 atom stereocenters. The number of hydrazone groups is 1. The lowest BCUT2D eigenvalue weighted by Crippen LogP contribution is -2.19. The average molecular weight is 413 g/mol. The van der Waals surface area contributed by atoms with E-state index in [1.165, 1.54) is 0 Å². The fourth-order valence-electron chi connectivity index (χ4n) is 3.38. The summed E-state index contributed by atoms with van der Waals surface area (Å²) in [5.74, 6) is -0.376. The van der Waals surface area contributed by atoms with E-state index in [1.807, 2.05) is 67.9 Å². The first-order valence-corrected chi connectivity index (χ1v) is 9.82. The normalized spacial score (nSPS) is 11.5. The number of H-pyrrole nitrogens is 1. The second-order valence-corrected chi connectivity index (χ2v) is 7.22. The minimum atomic E-state index is -0.376. The number of hydrogen-bond acceptors (Lipinski definition) is 5. The monoisotopic (exact) mass is 413 g/mol. The van der Waals surface area contributed by atoms with Gasteiger partial charge in [0.25, 0.3) is 5.91 Å². The lowest BCUT2D eigenvalue weighted by atomic mass is 10.1. The molecule has 31 heavy (non-hydrogen) atoms. The lowest BCUT2D eigenvalue weighted by Gasteiger charge is -2.04. The van der Waals surface area contributed by atoms with Gasteiger partial charge in [0.1, 0.15) is 5.69 Å². The first kappa shape index (κ1) is 20.1. The van der Waals surface area contributed by atoms with Gasteiger partial charge in [-0.2, -0.15) is 15.3 Å². The first-order valence-electron chi connectivity index (χ1n) is 9.82. The van der Waals surface area contributed by atoms with E-state index < -0.39 is 0 Å². The molecular formula is C23H23N7O. The second-order valence-electron chi connectivity index (χ2n) is 7.22. The molecule has 8 nitrogen and oxygen atoms in total. The Bertz CT molecular complexity index is 1250. The Balaban J connectivity index is 1.54. The van der Waals surface area contributed by atoms with Gasteiger partial charge in [-0.3, -0.25) is 9.89 Å². The van der Waals surface area contributed by atoms with Crippen LogP contribution in [0.4, 0.5) is 5.69 Å². The summed E-state index contributed by atoms with van der Waals surface area (Å²) in [5, 5.41) is 15.9. The van der Waals surface area contributed by atoms with E-state index in [1.54, 1.807) is 18.2 Å². The van der Waals surface area contributed by atoms with Gasteiger partial charge >= 0.3 is 0 Å². The van der Waals surface area contributed by atoms with Gasteiger partial charge in [0.05, 0.1) is 28.5 Å². The van der Waals surface area contributed by atoms with Crippen LogP contribution in [0.1, 0.15) is 34.4 Å². The van der Waals surface area contributed by atoms with Crippen molar-refractivity contribution in [3.05, 3.63) is 83.3 Å². The number of rotatable bonds is 5. The molecule has 4 N–H and O–H groups in total. The molecular weight excluding hydrogens is 390 g/mol. The van der Waals surface area contributed by atoms with Crippen molar-refractivity contribution in [2.24, 2.45) is 5.10 Å². The molecule has 1 amide bonds. The van der Waals surface area contributed by atoms with Crippen molar-refractivity contribution in [1.82, 2.24) is 25.4 Å². The van der Waals surface area contributed by atoms with Crippen molar-refractivity contribution in [2.75, 3.05) is 5.73 Å². The van der Waals surface area contributed by atoms with Crippen LogP contribution >= 0.6 is 0 Å². The molecule has 4 rings (SSSR count). The smallest absolute Gasteiger partial charge is 0.289 e. The zero-order chi connectivity index (χ0) is 22.0. The molecule has 156 valence electrons. The average Bonchev–Trinajstić information content (AvgIpc) is 3.37. The summed E-state index contributed by atoms with van der Waals surface area (Å²) in [7, 11) is 0. The molecule has 2 aromatic heterocycles. The number of benzene rings is 2. The maximum atomic E-state index is 12.5. The maximum Gasteiger partial charge on any atom is 0.289 e. The maximum absolute atomic E-state index is 12.5. The molecule has 0 aliphatic carbocycles. The third kappa shape index (κ3) is 4.09. The fraction of sp³-hybridized carbons (Fsp3) is 0.130. The molecule has 0 saturated heterocycles. The van der Waals surface area contributed by atoms with Crippen molar-refractivity contribution in [2.45, 2.75) is 20.8 Å². The van der Waals surface area contributed by atoms with Crippen LogP contribution in [0.15, 0.2) is 65.8 Å². The van der Waals surface area contributed by atoms with Crippen LogP contribution in [-0.2, 0) is 0 Å². The Kier molecular flexibility index (Phi) is 5.36. The van der Waals surface area contributed by atoms with E-state index in [0.29, 0.717) is 22.8 Å². The Hall–Kier alpha value is -4.20. The number of aromatic amines is 1. The largest absolute Gasteiger partial charge is 0.399 e. The fourth-order valence-corrected chi connectivity index (χ4v) is 3.38. The van der Waals surface area contributed by atoms with Gasteiger partial charge in [-0.15, -0.1) is 0 Å². The predicted molar refractivity (Wildman–Crippen MR) is 121 cm³/mol. The number of nitrogens with one attached hydrogen (secondary N) is 2. The molecule has 0 aliphatic heterocycles. The summed E-state index contributed by atoms with van der Waals surface area (Å²) >= 11 is 0. The molecule has 0 spiro atoms. The molecule has 0 fully saturated rings. The highest BCUT2D eigenvalue weighted by atomic mass is 16.2. The summed E-state index contributed by atoms with van der Waals surface area (Å²) in [4.78, 5) is 12.5. The van der Waals surface area contributed by atoms with Crippen molar-refractivity contribution in [1.29, 1.82) is 0 Å². The molecule has 2 heterocycles. The number of aromatic nitrogens is 4. The van der Waals surface area contributed by atoms with Gasteiger partial charge in [0, 0.05) is 11.3 Å². The number of nitrogen functional groups attached to an aromatic ring is 1. The van der Waals surface area contributed by atoms with E-state index in [-0.39, 0.29) is 5.91 Å². The van der Waals surface area contributed by atoms with E-state index in [4.69, 9.17) is 5.73 Å². The Morgan fingerprint density at radius 1 is 1.10 bits per heavy atom. The van der Waals surface area contributed by atoms with Crippen LogP contribution in [0.2, 0.25) is 0 Å². The van der Waals surface area contributed by atoms with Crippen LogP contribution in [0, 0.1) is 13.8 Å². The van der Waals surface area contributed by atoms with Crippen LogP contribution in [0.3, 0.4) is 0 Å². The SMILES string of the molecule is C/C(=N/NC(=O)c1cc(-c2c(C)nn(-c3ccccc3)c2C)n[nH]1)c1ccc(N)cc1. The topological polar surface area (TPSA) is 114 Å². The summed E-state index contributed by atoms with van der Waals surface area (Å²) in [6, 6.07) is 18.9. The number of carbonyl (C=O) groups excluding carboxylic acids is 1. The Labute approximate surface area is 179 Å². The number of nitrogens with two attached hydrogens (primary N) is 1. The Morgan fingerprint density at radius 3 is 2.52 bits per heavy atom. The molecule has 0 unspecified atom stereocenters. The van der Waals surface area contributed by atoms with Crippen LogP contribution in [0.5, 0.6) is 0 Å². The number of anilines is 1. The molecule has 4 aromatic rings. The van der Waals surface area contributed by atoms with Gasteiger partial charge in [0.15, 0.2) is 0 Å². The van der Waals surface area contributed by atoms with Crippen molar-refractivity contribution in [3.8, 4) is 16.9 Å². The highest BCUT2D eigenvalue weighted by molar-refractivity contribution is 6.00. The second kappa shape index (κ2) is 8.27. The summed E-state index contributed by atoms with van der Waals surface area (Å²) in [6.45, 7) is 5.72. The number of carbonyl (C=O) groups is 1. The van der Waals surface area contributed by atoms with E-state index in [9.17, 15) is 4.79 Å². The standard InChI is InChI=1S/C23H23N7O/c1-14(17-9-11-18(24)12-10-17)25-28-23(31)21-13-20(26-27-21)22-15(2)29-30(16(22)3)19-7-5-4-6-8-19/h4-13H,24H2,1-3H3,(H,26,27)(H,28,31)/b25-14-. The van der Waals surface area contributed by atoms with Crippen LogP contribution in [-0.4, -0.2) is 31.6 Å². The van der Waals surface area contributed by atoms with Gasteiger partial charge in [0.2, 0.25) is 0 Å². The molecule has 0 radical (unpaired) electrons. The third-order valence-electron chi connectivity index (χ3n) is 5.02. The number of aryl methyl sites for hydroxylation is 1. The molecule has 0 aliphatic rings. The number of hydrogen-bond donors (Lipinski definition) is 3. The van der Waals surface area contributed by atoms with Crippen molar-refractivity contribution in [3.63, 3.8) is 0 Å². The lowest BCUT2D eigenvalue weighted by molar-refractivity contribution is 0.0950. The molecule has 0 saturated carbocycles. The molecule has 8 heteroatoms. The number of amides is 1. The van der Waals surface area contributed by atoms with Gasteiger partial charge < -0.3 is 5.73 Å². The highest BCUT2D eigenvalue weighted by Gasteiger charge is 2.19. The number of para-hydroxylation sites is 1. The first-order chi connectivity index (χ1) is 14.9. The number of nitrogens with zero attached hydrogens (tertiary/aromatic N) is 4. The van der Waals surface area contributed by atoms with E-state index in [2.05, 4.69) is 25.8 Å². The summed E-state index contributed by atoms with van der Waals surface area (Å²) in [6.07, 6.45) is 0. The predicted octanol–water partition coefficient (Wildman–Crippen LogP) is 3.62. The van der Waals surface area contributed by atoms with Gasteiger partial charge in [-0.25, -0.2) is 10.1 Å². The molecule has 2 aromatic carbocycles. The van der Waals surface area contributed by atoms with Crippen molar-refractivity contribution < 1.29 is 4.79 Å². The zero-order valence-electron chi connectivity index (χ0n) is 17.5. The van der Waals surface area contributed by atoms with Crippen LogP contribution in [0.25, 0.3) is 16.9 Å². The van der Waals surface area contributed by atoms with Crippen molar-refractivity contribution >= 4 is 17.3 Å². The third-order valence-corrected chi connectivity index (χ3v) is 5.02. The minimum Gasteiger partial charge on any atom is -0.399 e. The zero-order valence-corrected chi connectivity index (χ0v) is 17.5. The van der Waals surface area contributed by atoms with E-state index in [0.717, 1.165) is 28.2 Å². The minimum absolute atomic E-state index is 0.315. The quantitative estimate of drug-likeness (QED) is 0.263. The van der Waals surface area contributed by atoms with Gasteiger partial charge in [-0.1, -0.05) is 30.3 Å². The van der Waals surface area contributed by atoms with Gasteiger partial charge in [-0.05, 0) is 56.7 Å². The highest BCUT2D eigenvalue weighted by Crippen LogP contribution is 2.27. The Morgan fingerprint density at radius 2 is 1.81 bits per heavy atom. The summed E-state index contributed by atoms with van der Waals surface area (Å²) < 4.78 is 1.87. The van der Waals surface area contributed by atoms with Crippen LogP contribution < -0.4 is 11.2 Å².